The van der Waals surface area contributed by atoms with Crippen molar-refractivity contribution in [1.82, 2.24) is 10.3 Å². The Hall–Kier alpha value is -2.07. The van der Waals surface area contributed by atoms with E-state index in [1.807, 2.05) is 24.3 Å². The van der Waals surface area contributed by atoms with Crippen LogP contribution in [0.1, 0.15) is 24.0 Å². The van der Waals surface area contributed by atoms with Gasteiger partial charge in [0.05, 0.1) is 6.61 Å². The zero-order valence-corrected chi connectivity index (χ0v) is 13.8. The summed E-state index contributed by atoms with van der Waals surface area (Å²) in [6.07, 6.45) is 4.15. The highest BCUT2D eigenvalue weighted by molar-refractivity contribution is 5.40. The molecule has 1 saturated heterocycles. The molecule has 1 aliphatic rings. The minimum absolute atomic E-state index is 0.527. The highest BCUT2D eigenvalue weighted by atomic mass is 16.5. The Labute approximate surface area is 137 Å². The number of nitrogens with one attached hydrogen (secondary N) is 1. The maximum atomic E-state index is 5.98. The first-order valence-corrected chi connectivity index (χ1v) is 8.26. The summed E-state index contributed by atoms with van der Waals surface area (Å²) in [5.74, 6) is 2.57. The second-order valence-electron chi connectivity index (χ2n) is 6.18. The molecule has 23 heavy (non-hydrogen) atoms. The van der Waals surface area contributed by atoms with Gasteiger partial charge in [-0.05, 0) is 68.6 Å². The van der Waals surface area contributed by atoms with Crippen molar-refractivity contribution in [2.75, 3.05) is 19.7 Å². The van der Waals surface area contributed by atoms with Crippen molar-refractivity contribution in [3.05, 3.63) is 47.7 Å². The molecule has 1 atom stereocenters. The molecule has 1 fully saturated rings. The van der Waals surface area contributed by atoms with Crippen LogP contribution in [0.5, 0.6) is 17.4 Å². The molecular formula is C19H24N2O2. The molecule has 2 heterocycles. The predicted molar refractivity (Wildman–Crippen MR) is 91.3 cm³/mol. The summed E-state index contributed by atoms with van der Waals surface area (Å²) in [5, 5.41) is 3.41. The molecule has 0 radical (unpaired) electrons. The second-order valence-corrected chi connectivity index (χ2v) is 6.18. The van der Waals surface area contributed by atoms with Crippen LogP contribution in [0.3, 0.4) is 0 Å². The van der Waals surface area contributed by atoms with E-state index in [1.165, 1.54) is 24.0 Å². The van der Waals surface area contributed by atoms with Gasteiger partial charge in [-0.3, -0.25) is 0 Å². The van der Waals surface area contributed by atoms with Gasteiger partial charge in [-0.2, -0.15) is 0 Å². The van der Waals surface area contributed by atoms with Crippen LogP contribution in [0, 0.1) is 19.8 Å². The summed E-state index contributed by atoms with van der Waals surface area (Å²) < 4.78 is 11.9. The van der Waals surface area contributed by atoms with Gasteiger partial charge in [0.15, 0.2) is 5.75 Å². The fraction of sp³-hybridized carbons (Fsp3) is 0.421. The fourth-order valence-corrected chi connectivity index (χ4v) is 2.73. The van der Waals surface area contributed by atoms with Crippen molar-refractivity contribution in [2.45, 2.75) is 26.7 Å². The summed E-state index contributed by atoms with van der Waals surface area (Å²) >= 11 is 0. The summed E-state index contributed by atoms with van der Waals surface area (Å²) in [4.78, 5) is 4.33. The molecule has 0 aliphatic carbocycles. The number of aromatic nitrogens is 1. The molecule has 4 nitrogen and oxygen atoms in total. The van der Waals surface area contributed by atoms with Crippen molar-refractivity contribution >= 4 is 0 Å². The molecule has 3 rings (SSSR count). The zero-order valence-electron chi connectivity index (χ0n) is 13.8. The van der Waals surface area contributed by atoms with Crippen LogP contribution < -0.4 is 14.8 Å². The van der Waals surface area contributed by atoms with Crippen LogP contribution in [-0.4, -0.2) is 24.7 Å². The van der Waals surface area contributed by atoms with Gasteiger partial charge in [0, 0.05) is 18.7 Å². The number of hydrogen-bond donors (Lipinski definition) is 1. The van der Waals surface area contributed by atoms with Crippen LogP contribution in [0.15, 0.2) is 36.5 Å². The van der Waals surface area contributed by atoms with E-state index in [1.54, 1.807) is 6.20 Å². The molecule has 0 spiro atoms. The number of pyridine rings is 1. The molecule has 1 unspecified atom stereocenters. The number of aryl methyl sites for hydroxylation is 2. The number of piperidine rings is 1. The monoisotopic (exact) mass is 312 g/mol. The number of rotatable bonds is 5. The van der Waals surface area contributed by atoms with E-state index >= 15 is 0 Å². The Balaban J connectivity index is 1.68. The molecule has 0 amide bonds. The summed E-state index contributed by atoms with van der Waals surface area (Å²) in [6, 6.07) is 9.84. The summed E-state index contributed by atoms with van der Waals surface area (Å²) in [5.41, 5.74) is 2.45. The summed E-state index contributed by atoms with van der Waals surface area (Å²) in [7, 11) is 0. The van der Waals surface area contributed by atoms with Crippen LogP contribution in [-0.2, 0) is 0 Å². The van der Waals surface area contributed by atoms with Crippen molar-refractivity contribution in [3.8, 4) is 17.4 Å². The van der Waals surface area contributed by atoms with Gasteiger partial charge in [-0.1, -0.05) is 6.07 Å². The van der Waals surface area contributed by atoms with Crippen molar-refractivity contribution in [3.63, 3.8) is 0 Å². The minimum atomic E-state index is 0.527. The van der Waals surface area contributed by atoms with Gasteiger partial charge >= 0.3 is 0 Å². The average Bonchev–Trinajstić information content (AvgIpc) is 2.58. The largest absolute Gasteiger partial charge is 0.488 e. The lowest BCUT2D eigenvalue weighted by Crippen LogP contribution is -2.33. The SMILES string of the molecule is Cc1ccc(Oc2ncccc2OCC2CCCNC2)cc1C. The normalized spacial score (nSPS) is 17.7. The number of nitrogens with zero attached hydrogens (tertiary/aromatic N) is 1. The topological polar surface area (TPSA) is 43.4 Å². The Bertz CT molecular complexity index is 652. The smallest absolute Gasteiger partial charge is 0.262 e. The third-order valence-electron chi connectivity index (χ3n) is 4.30. The molecule has 1 aromatic heterocycles. The maximum absolute atomic E-state index is 5.98. The Morgan fingerprint density at radius 3 is 2.91 bits per heavy atom. The first-order valence-electron chi connectivity index (χ1n) is 8.26. The fourth-order valence-electron chi connectivity index (χ4n) is 2.73. The van der Waals surface area contributed by atoms with Crippen molar-refractivity contribution in [1.29, 1.82) is 0 Å². The Morgan fingerprint density at radius 2 is 2.13 bits per heavy atom. The van der Waals surface area contributed by atoms with E-state index in [9.17, 15) is 0 Å². The molecule has 1 aromatic carbocycles. The molecule has 1 aliphatic heterocycles. The van der Waals surface area contributed by atoms with Gasteiger partial charge in [-0.25, -0.2) is 4.98 Å². The van der Waals surface area contributed by atoms with Crippen LogP contribution in [0.4, 0.5) is 0 Å². The number of benzene rings is 1. The van der Waals surface area contributed by atoms with Gasteiger partial charge in [0.25, 0.3) is 5.88 Å². The van der Waals surface area contributed by atoms with Crippen molar-refractivity contribution in [2.24, 2.45) is 5.92 Å². The third kappa shape index (κ3) is 4.23. The van der Waals surface area contributed by atoms with Crippen LogP contribution in [0.25, 0.3) is 0 Å². The first-order chi connectivity index (χ1) is 11.2. The molecule has 2 aromatic rings. The van der Waals surface area contributed by atoms with E-state index in [2.05, 4.69) is 30.2 Å². The lowest BCUT2D eigenvalue weighted by molar-refractivity contribution is 0.212. The van der Waals surface area contributed by atoms with Crippen LogP contribution >= 0.6 is 0 Å². The molecular weight excluding hydrogens is 288 g/mol. The van der Waals surface area contributed by atoms with E-state index in [4.69, 9.17) is 9.47 Å². The lowest BCUT2D eigenvalue weighted by Gasteiger charge is -2.23. The van der Waals surface area contributed by atoms with Crippen molar-refractivity contribution < 1.29 is 9.47 Å². The summed E-state index contributed by atoms with van der Waals surface area (Å²) in [6.45, 7) is 7.00. The van der Waals surface area contributed by atoms with E-state index in [0.29, 0.717) is 24.2 Å². The molecule has 1 N–H and O–H groups in total. The van der Waals surface area contributed by atoms with Crippen LogP contribution in [0.2, 0.25) is 0 Å². The van der Waals surface area contributed by atoms with E-state index in [0.717, 1.165) is 18.8 Å². The molecule has 0 bridgehead atoms. The standard InChI is InChI=1S/C19H24N2O2/c1-14-7-8-17(11-15(14)2)23-19-18(6-4-10-21-19)22-13-16-5-3-9-20-12-16/h4,6-8,10-11,16,20H,3,5,9,12-13H2,1-2H3. The first kappa shape index (κ1) is 15.8. The minimum Gasteiger partial charge on any atom is -0.488 e. The second kappa shape index (κ2) is 7.47. The quantitative estimate of drug-likeness (QED) is 0.910. The number of ether oxygens (including phenoxy) is 2. The highest BCUT2D eigenvalue weighted by Crippen LogP contribution is 2.30. The van der Waals surface area contributed by atoms with Gasteiger partial charge in [0.2, 0.25) is 0 Å². The van der Waals surface area contributed by atoms with Gasteiger partial charge < -0.3 is 14.8 Å². The highest BCUT2D eigenvalue weighted by Gasteiger charge is 2.15. The predicted octanol–water partition coefficient (Wildman–Crippen LogP) is 3.87. The zero-order chi connectivity index (χ0) is 16.1. The van der Waals surface area contributed by atoms with E-state index in [-0.39, 0.29) is 0 Å². The molecule has 4 heteroatoms. The average molecular weight is 312 g/mol. The number of hydrogen-bond acceptors (Lipinski definition) is 4. The maximum Gasteiger partial charge on any atom is 0.262 e. The Kier molecular flexibility index (Phi) is 5.13. The molecule has 122 valence electrons. The van der Waals surface area contributed by atoms with Gasteiger partial charge in [-0.15, -0.1) is 0 Å². The Morgan fingerprint density at radius 1 is 1.22 bits per heavy atom. The molecule has 0 saturated carbocycles. The van der Waals surface area contributed by atoms with Gasteiger partial charge in [0.1, 0.15) is 5.75 Å². The third-order valence-corrected chi connectivity index (χ3v) is 4.30. The lowest BCUT2D eigenvalue weighted by atomic mass is 10.0. The van der Waals surface area contributed by atoms with E-state index < -0.39 is 0 Å².